The molecular formula is C17H21ClN2O6S. The number of carbonyl (C=O) groups excluding carboxylic acids is 1. The molecule has 2 unspecified atom stereocenters. The number of nitro benzene ring substituents is 1. The van der Waals surface area contributed by atoms with Gasteiger partial charge < -0.3 is 4.74 Å². The molecule has 0 saturated carbocycles. The van der Waals surface area contributed by atoms with Crippen LogP contribution in [0.2, 0.25) is 5.02 Å². The third-order valence-corrected chi connectivity index (χ3v) is 7.20. The van der Waals surface area contributed by atoms with E-state index in [1.54, 1.807) is 0 Å². The molecule has 2 heterocycles. The maximum Gasteiger partial charge on any atom is 0.338 e. The summed E-state index contributed by atoms with van der Waals surface area (Å²) in [5, 5.41) is 10.9. The van der Waals surface area contributed by atoms with E-state index in [9.17, 15) is 23.3 Å². The van der Waals surface area contributed by atoms with Crippen LogP contribution in [0.4, 0.5) is 5.69 Å². The van der Waals surface area contributed by atoms with E-state index in [1.165, 1.54) is 12.1 Å². The van der Waals surface area contributed by atoms with Gasteiger partial charge in [0.05, 0.1) is 28.0 Å². The van der Waals surface area contributed by atoms with Gasteiger partial charge in [0.2, 0.25) is 0 Å². The lowest BCUT2D eigenvalue weighted by Gasteiger charge is -2.36. The Hall–Kier alpha value is -1.71. The monoisotopic (exact) mass is 416 g/mol. The number of piperidine rings is 1. The van der Waals surface area contributed by atoms with E-state index in [1.807, 2.05) is 0 Å². The molecule has 27 heavy (non-hydrogen) atoms. The van der Waals surface area contributed by atoms with Crippen LogP contribution in [-0.2, 0) is 14.6 Å². The molecule has 10 heteroatoms. The van der Waals surface area contributed by atoms with Crippen molar-refractivity contribution in [3.8, 4) is 0 Å². The summed E-state index contributed by atoms with van der Waals surface area (Å²) < 4.78 is 29.8. The van der Waals surface area contributed by atoms with Gasteiger partial charge in [-0.25, -0.2) is 13.2 Å². The molecule has 2 saturated heterocycles. The van der Waals surface area contributed by atoms with Gasteiger partial charge in [-0.15, -0.1) is 0 Å². The third kappa shape index (κ3) is 4.59. The van der Waals surface area contributed by atoms with Crippen LogP contribution in [0.3, 0.4) is 0 Å². The van der Waals surface area contributed by atoms with Crippen LogP contribution in [-0.4, -0.2) is 61.0 Å². The zero-order chi connectivity index (χ0) is 19.8. The molecule has 2 atom stereocenters. The van der Waals surface area contributed by atoms with E-state index in [2.05, 4.69) is 11.8 Å². The molecule has 0 N–H and O–H groups in total. The van der Waals surface area contributed by atoms with Crippen LogP contribution >= 0.6 is 11.6 Å². The van der Waals surface area contributed by atoms with E-state index in [0.29, 0.717) is 5.92 Å². The number of hydrogen-bond acceptors (Lipinski definition) is 7. The fourth-order valence-electron chi connectivity index (χ4n) is 3.60. The summed E-state index contributed by atoms with van der Waals surface area (Å²) in [7, 11) is -3.31. The number of halogens is 1. The fourth-order valence-corrected chi connectivity index (χ4v) is 5.65. The average molecular weight is 417 g/mol. The molecule has 0 spiro atoms. The van der Waals surface area contributed by atoms with Crippen molar-refractivity contribution in [2.45, 2.75) is 31.9 Å². The third-order valence-electron chi connectivity index (χ3n) is 5.20. The molecule has 1 aromatic carbocycles. The fraction of sp³-hybridized carbons (Fsp3) is 0.588. The smallest absolute Gasteiger partial charge is 0.338 e. The topological polar surface area (TPSA) is 107 Å². The molecule has 8 nitrogen and oxygen atoms in total. The molecule has 2 fully saturated rings. The van der Waals surface area contributed by atoms with Gasteiger partial charge in [-0.1, -0.05) is 18.5 Å². The zero-order valence-electron chi connectivity index (χ0n) is 14.8. The van der Waals surface area contributed by atoms with E-state index in [-0.39, 0.29) is 28.1 Å². The van der Waals surface area contributed by atoms with Crippen LogP contribution in [0, 0.1) is 16.0 Å². The number of esters is 1. The lowest BCUT2D eigenvalue weighted by molar-refractivity contribution is -0.384. The van der Waals surface area contributed by atoms with Crippen molar-refractivity contribution in [3.63, 3.8) is 0 Å². The van der Waals surface area contributed by atoms with Crippen molar-refractivity contribution in [3.05, 3.63) is 38.9 Å². The average Bonchev–Trinajstić information content (AvgIpc) is 2.90. The Balaban J connectivity index is 1.77. The molecule has 0 aliphatic carbocycles. The van der Waals surface area contributed by atoms with Crippen molar-refractivity contribution in [2.75, 3.05) is 24.6 Å². The first kappa shape index (κ1) is 20.0. The maximum atomic E-state index is 12.5. The molecule has 2 aliphatic heterocycles. The second-order valence-corrected chi connectivity index (χ2v) is 9.79. The molecule has 0 bridgehead atoms. The second kappa shape index (κ2) is 7.73. The van der Waals surface area contributed by atoms with Gasteiger partial charge in [-0.2, -0.15) is 0 Å². The van der Waals surface area contributed by atoms with Gasteiger partial charge in [-0.05, 0) is 44.0 Å². The molecule has 0 amide bonds. The van der Waals surface area contributed by atoms with Gasteiger partial charge in [0.25, 0.3) is 5.69 Å². The van der Waals surface area contributed by atoms with E-state index in [0.717, 1.165) is 32.0 Å². The number of nitro groups is 1. The Morgan fingerprint density at radius 2 is 1.96 bits per heavy atom. The van der Waals surface area contributed by atoms with Gasteiger partial charge in [-0.3, -0.25) is 15.0 Å². The van der Waals surface area contributed by atoms with E-state index >= 15 is 0 Å². The standard InChI is InChI=1S/C17H21ClN2O6S/c1-11-4-6-19(7-5-11)15-9-27(24,25)10-16(15)26-17(21)12-2-3-13(18)14(8-12)20(22)23/h2-3,8,11,15-16H,4-7,9-10H2,1H3. The SMILES string of the molecule is CC1CCN(C2CS(=O)(=O)CC2OC(=O)c2ccc(Cl)c([N+](=O)[O-])c2)CC1. The molecule has 0 aromatic heterocycles. The second-order valence-electron chi connectivity index (χ2n) is 7.23. The van der Waals surface area contributed by atoms with Gasteiger partial charge in [0, 0.05) is 6.07 Å². The van der Waals surface area contributed by atoms with Crippen molar-refractivity contribution in [1.29, 1.82) is 0 Å². The Morgan fingerprint density at radius 1 is 1.30 bits per heavy atom. The number of nitrogens with zero attached hydrogens (tertiary/aromatic N) is 2. The summed E-state index contributed by atoms with van der Waals surface area (Å²) in [6, 6.07) is 3.25. The van der Waals surface area contributed by atoms with E-state index in [4.69, 9.17) is 16.3 Å². The number of hydrogen-bond donors (Lipinski definition) is 0. The lowest BCUT2D eigenvalue weighted by Crippen LogP contribution is -2.48. The number of carbonyl (C=O) groups is 1. The summed E-state index contributed by atoms with van der Waals surface area (Å²) in [5.74, 6) is -0.465. The minimum Gasteiger partial charge on any atom is -0.456 e. The number of benzene rings is 1. The Labute approximate surface area is 162 Å². The summed E-state index contributed by atoms with van der Waals surface area (Å²) in [4.78, 5) is 24.9. The van der Waals surface area contributed by atoms with Crippen LogP contribution < -0.4 is 0 Å². The zero-order valence-corrected chi connectivity index (χ0v) is 16.4. The summed E-state index contributed by atoms with van der Waals surface area (Å²) in [5.41, 5.74) is -0.423. The quantitative estimate of drug-likeness (QED) is 0.421. The molecule has 1 aromatic rings. The molecule has 2 aliphatic rings. The van der Waals surface area contributed by atoms with Crippen molar-refractivity contribution in [1.82, 2.24) is 4.90 Å². The number of sulfone groups is 1. The molecule has 0 radical (unpaired) electrons. The summed E-state index contributed by atoms with van der Waals surface area (Å²) >= 11 is 5.76. The summed E-state index contributed by atoms with van der Waals surface area (Å²) in [6.45, 7) is 3.69. The van der Waals surface area contributed by atoms with Crippen molar-refractivity contribution in [2.24, 2.45) is 5.92 Å². The highest BCUT2D eigenvalue weighted by molar-refractivity contribution is 7.91. The number of ether oxygens (including phenoxy) is 1. The Kier molecular flexibility index (Phi) is 5.73. The maximum absolute atomic E-state index is 12.5. The van der Waals surface area contributed by atoms with Gasteiger partial charge in [0.1, 0.15) is 11.1 Å². The van der Waals surface area contributed by atoms with Crippen LogP contribution in [0.1, 0.15) is 30.1 Å². The highest BCUT2D eigenvalue weighted by Gasteiger charge is 2.44. The van der Waals surface area contributed by atoms with Crippen LogP contribution in [0.5, 0.6) is 0 Å². The lowest BCUT2D eigenvalue weighted by atomic mass is 9.97. The highest BCUT2D eigenvalue weighted by atomic mass is 35.5. The largest absolute Gasteiger partial charge is 0.456 e. The van der Waals surface area contributed by atoms with Gasteiger partial charge in [0.15, 0.2) is 9.84 Å². The van der Waals surface area contributed by atoms with Crippen molar-refractivity contribution < 1.29 is 22.9 Å². The predicted octanol–water partition coefficient (Wildman–Crippen LogP) is 2.30. The van der Waals surface area contributed by atoms with Crippen LogP contribution in [0.25, 0.3) is 0 Å². The van der Waals surface area contributed by atoms with E-state index < -0.39 is 32.5 Å². The Bertz CT molecular complexity index is 851. The first-order chi connectivity index (χ1) is 12.7. The molecular weight excluding hydrogens is 396 g/mol. The van der Waals surface area contributed by atoms with Crippen LogP contribution in [0.15, 0.2) is 18.2 Å². The number of rotatable bonds is 4. The summed E-state index contributed by atoms with van der Waals surface area (Å²) in [6.07, 6.45) is 1.16. The predicted molar refractivity (Wildman–Crippen MR) is 99.7 cm³/mol. The molecule has 148 valence electrons. The van der Waals surface area contributed by atoms with Gasteiger partial charge >= 0.3 is 5.97 Å². The first-order valence-corrected chi connectivity index (χ1v) is 11.0. The normalized spacial score (nSPS) is 26.0. The molecule has 3 rings (SSSR count). The highest BCUT2D eigenvalue weighted by Crippen LogP contribution is 2.29. The minimum absolute atomic E-state index is 0.0265. The Morgan fingerprint density at radius 3 is 2.59 bits per heavy atom. The minimum atomic E-state index is -3.31. The van der Waals surface area contributed by atoms with Crippen molar-refractivity contribution >= 4 is 33.1 Å². The number of likely N-dealkylation sites (tertiary alicyclic amines) is 1. The first-order valence-electron chi connectivity index (χ1n) is 8.75.